The standard InChI is InChI=1S/C13H16N2O/c14-9-12-3-1-11(2-4-12)5-6-13-10-15-7-8-16-13/h1-4,13,15H,5-8,10H2. The van der Waals surface area contributed by atoms with Gasteiger partial charge in [-0.2, -0.15) is 5.26 Å². The van der Waals surface area contributed by atoms with Crippen molar-refractivity contribution in [2.75, 3.05) is 19.7 Å². The maximum absolute atomic E-state index is 8.68. The number of morpholine rings is 1. The monoisotopic (exact) mass is 216 g/mol. The molecule has 84 valence electrons. The van der Waals surface area contributed by atoms with Gasteiger partial charge in [0, 0.05) is 13.1 Å². The first kappa shape index (κ1) is 11.1. The maximum Gasteiger partial charge on any atom is 0.0991 e. The van der Waals surface area contributed by atoms with Gasteiger partial charge in [-0.3, -0.25) is 0 Å². The van der Waals surface area contributed by atoms with E-state index in [0.29, 0.717) is 6.10 Å². The molecule has 1 aromatic rings. The third-order valence-corrected chi connectivity index (χ3v) is 2.84. The van der Waals surface area contributed by atoms with Crippen LogP contribution in [0.4, 0.5) is 0 Å². The summed E-state index contributed by atoms with van der Waals surface area (Å²) in [6.07, 6.45) is 2.39. The number of aryl methyl sites for hydroxylation is 1. The zero-order valence-corrected chi connectivity index (χ0v) is 9.28. The summed E-state index contributed by atoms with van der Waals surface area (Å²) in [5.74, 6) is 0. The summed E-state index contributed by atoms with van der Waals surface area (Å²) in [5.41, 5.74) is 1.99. The fraction of sp³-hybridized carbons (Fsp3) is 0.462. The smallest absolute Gasteiger partial charge is 0.0991 e. The molecule has 1 aliphatic heterocycles. The van der Waals surface area contributed by atoms with Crippen molar-refractivity contribution < 1.29 is 4.74 Å². The summed E-state index contributed by atoms with van der Waals surface area (Å²) < 4.78 is 5.63. The quantitative estimate of drug-likeness (QED) is 0.832. The molecule has 3 nitrogen and oxygen atoms in total. The Hall–Kier alpha value is -1.37. The Morgan fingerprint density at radius 2 is 2.19 bits per heavy atom. The van der Waals surface area contributed by atoms with E-state index in [9.17, 15) is 0 Å². The fourth-order valence-electron chi connectivity index (χ4n) is 1.88. The minimum atomic E-state index is 0.337. The number of nitrogens with one attached hydrogen (secondary N) is 1. The molecule has 0 amide bonds. The summed E-state index contributed by atoms with van der Waals surface area (Å²) in [6, 6.07) is 9.91. The van der Waals surface area contributed by atoms with E-state index in [2.05, 4.69) is 11.4 Å². The minimum absolute atomic E-state index is 0.337. The molecule has 0 radical (unpaired) electrons. The first-order valence-corrected chi connectivity index (χ1v) is 5.70. The lowest BCUT2D eigenvalue weighted by molar-refractivity contribution is 0.0238. The molecule has 1 atom stereocenters. The van der Waals surface area contributed by atoms with Crippen LogP contribution in [0.15, 0.2) is 24.3 Å². The summed E-state index contributed by atoms with van der Waals surface area (Å²) in [5, 5.41) is 12.0. The molecule has 1 heterocycles. The predicted octanol–water partition coefficient (Wildman–Crippen LogP) is 1.48. The van der Waals surface area contributed by atoms with Crippen molar-refractivity contribution in [3.63, 3.8) is 0 Å². The van der Waals surface area contributed by atoms with Crippen LogP contribution in [0, 0.1) is 11.3 Å². The number of nitriles is 1. The third kappa shape index (κ3) is 3.06. The second-order valence-corrected chi connectivity index (χ2v) is 4.04. The molecule has 1 saturated heterocycles. The van der Waals surface area contributed by atoms with Crippen LogP contribution in [0.3, 0.4) is 0 Å². The van der Waals surface area contributed by atoms with E-state index in [0.717, 1.165) is 38.1 Å². The minimum Gasteiger partial charge on any atom is -0.376 e. The summed E-state index contributed by atoms with van der Waals surface area (Å²) in [4.78, 5) is 0. The van der Waals surface area contributed by atoms with E-state index in [1.165, 1.54) is 5.56 Å². The van der Waals surface area contributed by atoms with E-state index in [4.69, 9.17) is 10.00 Å². The van der Waals surface area contributed by atoms with E-state index in [1.54, 1.807) is 0 Å². The van der Waals surface area contributed by atoms with Gasteiger partial charge in [-0.05, 0) is 30.5 Å². The van der Waals surface area contributed by atoms with Gasteiger partial charge >= 0.3 is 0 Å². The number of hydrogen-bond donors (Lipinski definition) is 1. The second-order valence-electron chi connectivity index (χ2n) is 4.04. The molecule has 1 N–H and O–H groups in total. The van der Waals surface area contributed by atoms with Crippen molar-refractivity contribution in [2.45, 2.75) is 18.9 Å². The van der Waals surface area contributed by atoms with Crippen LogP contribution in [0.25, 0.3) is 0 Å². The Kier molecular flexibility index (Phi) is 3.92. The van der Waals surface area contributed by atoms with Crippen LogP contribution in [-0.4, -0.2) is 25.8 Å². The van der Waals surface area contributed by atoms with Crippen LogP contribution in [-0.2, 0) is 11.2 Å². The molecule has 16 heavy (non-hydrogen) atoms. The molecule has 2 rings (SSSR count). The zero-order valence-electron chi connectivity index (χ0n) is 9.28. The molecule has 1 fully saturated rings. The van der Waals surface area contributed by atoms with E-state index < -0.39 is 0 Å². The molecule has 0 saturated carbocycles. The van der Waals surface area contributed by atoms with Crippen molar-refractivity contribution in [1.82, 2.24) is 5.32 Å². The highest BCUT2D eigenvalue weighted by Gasteiger charge is 2.12. The first-order valence-electron chi connectivity index (χ1n) is 5.70. The lowest BCUT2D eigenvalue weighted by Gasteiger charge is -2.23. The largest absolute Gasteiger partial charge is 0.376 e. The molecule has 0 aromatic heterocycles. The van der Waals surface area contributed by atoms with Crippen molar-refractivity contribution in [3.05, 3.63) is 35.4 Å². The summed E-state index contributed by atoms with van der Waals surface area (Å²) in [7, 11) is 0. The normalized spacial score (nSPS) is 20.3. The van der Waals surface area contributed by atoms with Gasteiger partial charge < -0.3 is 10.1 Å². The molecule has 1 aliphatic rings. The molecular formula is C13H16N2O. The Morgan fingerprint density at radius 3 is 2.81 bits per heavy atom. The van der Waals surface area contributed by atoms with Crippen LogP contribution in [0.1, 0.15) is 17.5 Å². The lowest BCUT2D eigenvalue weighted by atomic mass is 10.0. The fourth-order valence-corrected chi connectivity index (χ4v) is 1.88. The van der Waals surface area contributed by atoms with Crippen molar-refractivity contribution in [2.24, 2.45) is 0 Å². The molecule has 1 unspecified atom stereocenters. The van der Waals surface area contributed by atoms with Gasteiger partial charge in [-0.25, -0.2) is 0 Å². The number of ether oxygens (including phenoxy) is 1. The van der Waals surface area contributed by atoms with Gasteiger partial charge in [-0.15, -0.1) is 0 Å². The van der Waals surface area contributed by atoms with Crippen LogP contribution in [0.5, 0.6) is 0 Å². The number of benzene rings is 1. The van der Waals surface area contributed by atoms with Gasteiger partial charge in [0.15, 0.2) is 0 Å². The molecule has 3 heteroatoms. The molecular weight excluding hydrogens is 200 g/mol. The maximum atomic E-state index is 8.68. The SMILES string of the molecule is N#Cc1ccc(CCC2CNCCO2)cc1. The summed E-state index contributed by atoms with van der Waals surface area (Å²) >= 11 is 0. The third-order valence-electron chi connectivity index (χ3n) is 2.84. The molecule has 1 aromatic carbocycles. The van der Waals surface area contributed by atoms with Gasteiger partial charge in [-0.1, -0.05) is 12.1 Å². The highest BCUT2D eigenvalue weighted by molar-refractivity contribution is 5.31. The van der Waals surface area contributed by atoms with Crippen LogP contribution in [0.2, 0.25) is 0 Å². The Labute approximate surface area is 96.0 Å². The highest BCUT2D eigenvalue weighted by Crippen LogP contribution is 2.10. The Balaban J connectivity index is 1.82. The summed E-state index contributed by atoms with van der Waals surface area (Å²) in [6.45, 7) is 2.74. The van der Waals surface area contributed by atoms with Crippen LogP contribution >= 0.6 is 0 Å². The number of rotatable bonds is 3. The number of nitrogens with zero attached hydrogens (tertiary/aromatic N) is 1. The van der Waals surface area contributed by atoms with E-state index in [-0.39, 0.29) is 0 Å². The van der Waals surface area contributed by atoms with E-state index >= 15 is 0 Å². The Morgan fingerprint density at radius 1 is 1.38 bits per heavy atom. The molecule has 0 spiro atoms. The topological polar surface area (TPSA) is 45.0 Å². The zero-order chi connectivity index (χ0) is 11.2. The Bertz CT molecular complexity index is 361. The van der Waals surface area contributed by atoms with E-state index in [1.807, 2.05) is 24.3 Å². The first-order chi connectivity index (χ1) is 7.88. The van der Waals surface area contributed by atoms with Crippen molar-refractivity contribution >= 4 is 0 Å². The van der Waals surface area contributed by atoms with Gasteiger partial charge in [0.1, 0.15) is 0 Å². The van der Waals surface area contributed by atoms with Gasteiger partial charge in [0.05, 0.1) is 24.3 Å². The highest BCUT2D eigenvalue weighted by atomic mass is 16.5. The second kappa shape index (κ2) is 5.64. The number of hydrogen-bond acceptors (Lipinski definition) is 3. The molecule has 0 bridgehead atoms. The average molecular weight is 216 g/mol. The van der Waals surface area contributed by atoms with Crippen molar-refractivity contribution in [3.8, 4) is 6.07 Å². The lowest BCUT2D eigenvalue weighted by Crippen LogP contribution is -2.38. The van der Waals surface area contributed by atoms with Gasteiger partial charge in [0.2, 0.25) is 0 Å². The van der Waals surface area contributed by atoms with Crippen molar-refractivity contribution in [1.29, 1.82) is 5.26 Å². The van der Waals surface area contributed by atoms with Crippen LogP contribution < -0.4 is 5.32 Å². The predicted molar refractivity (Wildman–Crippen MR) is 62.1 cm³/mol. The average Bonchev–Trinajstić information content (AvgIpc) is 2.38. The van der Waals surface area contributed by atoms with Gasteiger partial charge in [0.25, 0.3) is 0 Å². The molecule has 0 aliphatic carbocycles.